The Kier molecular flexibility index (Phi) is 5.23. The molecule has 1 aliphatic heterocycles. The highest BCUT2D eigenvalue weighted by Crippen LogP contribution is 2.24. The summed E-state index contributed by atoms with van der Waals surface area (Å²) in [6.07, 6.45) is 0.0364. The number of benzene rings is 2. The quantitative estimate of drug-likeness (QED) is 0.937. The van der Waals surface area contributed by atoms with Crippen LogP contribution in [0.2, 0.25) is 0 Å². The van der Waals surface area contributed by atoms with E-state index in [0.717, 1.165) is 5.56 Å². The molecule has 3 rings (SSSR count). The van der Waals surface area contributed by atoms with Crippen LogP contribution < -0.4 is 5.73 Å². The molecule has 1 unspecified atom stereocenters. The molecule has 0 radical (unpaired) electrons. The molecule has 1 amide bonds. The Balaban J connectivity index is 1.66. The van der Waals surface area contributed by atoms with Crippen LogP contribution >= 0.6 is 0 Å². The standard InChI is InChI=1S/C19H21FN2O2/c20-16-9-5-4-8-15(16)18-13-22(10-11-24-18)19(23)17(21)12-14-6-2-1-3-7-14/h1-9,17-18H,10-13,21H2/t17-,18?/m0/s1. The summed E-state index contributed by atoms with van der Waals surface area (Å²) in [5, 5.41) is 0. The smallest absolute Gasteiger partial charge is 0.240 e. The van der Waals surface area contributed by atoms with Crippen molar-refractivity contribution < 1.29 is 13.9 Å². The van der Waals surface area contributed by atoms with Gasteiger partial charge >= 0.3 is 0 Å². The minimum Gasteiger partial charge on any atom is -0.370 e. The van der Waals surface area contributed by atoms with E-state index >= 15 is 0 Å². The van der Waals surface area contributed by atoms with E-state index in [-0.39, 0.29) is 11.7 Å². The fraction of sp³-hybridized carbons (Fsp3) is 0.316. The molecule has 5 heteroatoms. The number of nitrogens with zero attached hydrogens (tertiary/aromatic N) is 1. The normalized spacial score (nSPS) is 19.1. The Labute approximate surface area is 141 Å². The number of hydrogen-bond donors (Lipinski definition) is 1. The van der Waals surface area contributed by atoms with Gasteiger partial charge < -0.3 is 15.4 Å². The van der Waals surface area contributed by atoms with E-state index in [1.54, 1.807) is 23.1 Å². The van der Waals surface area contributed by atoms with Crippen LogP contribution in [0.4, 0.5) is 4.39 Å². The largest absolute Gasteiger partial charge is 0.370 e. The lowest BCUT2D eigenvalue weighted by molar-refractivity contribution is -0.140. The van der Waals surface area contributed by atoms with Crippen molar-refractivity contribution in [2.45, 2.75) is 18.6 Å². The lowest BCUT2D eigenvalue weighted by Crippen LogP contribution is -2.50. The number of carbonyl (C=O) groups is 1. The second-order valence-corrected chi connectivity index (χ2v) is 5.96. The van der Waals surface area contributed by atoms with Gasteiger partial charge in [0, 0.05) is 12.1 Å². The zero-order valence-electron chi connectivity index (χ0n) is 13.4. The molecule has 2 atom stereocenters. The summed E-state index contributed by atoms with van der Waals surface area (Å²) in [5.74, 6) is -0.436. The zero-order chi connectivity index (χ0) is 16.9. The maximum absolute atomic E-state index is 13.9. The third kappa shape index (κ3) is 3.80. The summed E-state index contributed by atoms with van der Waals surface area (Å²) in [5.41, 5.74) is 7.59. The Hall–Kier alpha value is -2.24. The van der Waals surface area contributed by atoms with E-state index in [0.29, 0.717) is 31.7 Å². The van der Waals surface area contributed by atoms with Crippen LogP contribution in [0.25, 0.3) is 0 Å². The van der Waals surface area contributed by atoms with Crippen LogP contribution in [-0.4, -0.2) is 36.5 Å². The van der Waals surface area contributed by atoms with Gasteiger partial charge in [-0.2, -0.15) is 0 Å². The molecule has 2 N–H and O–H groups in total. The Morgan fingerprint density at radius 1 is 1.21 bits per heavy atom. The zero-order valence-corrected chi connectivity index (χ0v) is 13.4. The van der Waals surface area contributed by atoms with Crippen molar-refractivity contribution in [3.8, 4) is 0 Å². The van der Waals surface area contributed by atoms with Gasteiger partial charge in [0.1, 0.15) is 11.9 Å². The summed E-state index contributed by atoms with van der Waals surface area (Å²) >= 11 is 0. The Morgan fingerprint density at radius 2 is 1.92 bits per heavy atom. The second-order valence-electron chi connectivity index (χ2n) is 5.96. The van der Waals surface area contributed by atoms with Gasteiger partial charge in [0.2, 0.25) is 5.91 Å². The van der Waals surface area contributed by atoms with Crippen LogP contribution in [0.15, 0.2) is 54.6 Å². The molecular weight excluding hydrogens is 307 g/mol. The molecule has 24 heavy (non-hydrogen) atoms. The minimum absolute atomic E-state index is 0.122. The maximum atomic E-state index is 13.9. The number of morpholine rings is 1. The molecule has 1 fully saturated rings. The highest BCUT2D eigenvalue weighted by molar-refractivity contribution is 5.82. The molecule has 0 saturated carbocycles. The molecule has 126 valence electrons. The van der Waals surface area contributed by atoms with Gasteiger partial charge in [0.15, 0.2) is 0 Å². The number of nitrogens with two attached hydrogens (primary N) is 1. The third-order valence-corrected chi connectivity index (χ3v) is 4.25. The first kappa shape index (κ1) is 16.6. The van der Waals surface area contributed by atoms with Crippen LogP contribution in [0.3, 0.4) is 0 Å². The van der Waals surface area contributed by atoms with Gasteiger partial charge in [0.25, 0.3) is 0 Å². The predicted octanol–water partition coefficient (Wildman–Crippen LogP) is 2.30. The SMILES string of the molecule is N[C@@H](Cc1ccccc1)C(=O)N1CCOC(c2ccccc2F)C1. The molecular formula is C19H21FN2O2. The minimum atomic E-state index is -0.605. The number of hydrogen-bond acceptors (Lipinski definition) is 3. The van der Waals surface area contributed by atoms with E-state index in [9.17, 15) is 9.18 Å². The summed E-state index contributed by atoms with van der Waals surface area (Å²) in [6, 6.07) is 15.6. The van der Waals surface area contributed by atoms with Crippen molar-refractivity contribution in [1.29, 1.82) is 0 Å². The molecule has 2 aromatic carbocycles. The van der Waals surface area contributed by atoms with Crippen LogP contribution in [-0.2, 0) is 16.0 Å². The van der Waals surface area contributed by atoms with Crippen molar-refractivity contribution in [3.63, 3.8) is 0 Å². The molecule has 1 heterocycles. The third-order valence-electron chi connectivity index (χ3n) is 4.25. The lowest BCUT2D eigenvalue weighted by atomic mass is 10.0. The number of amides is 1. The van der Waals surface area contributed by atoms with Gasteiger partial charge in [0.05, 0.1) is 19.2 Å². The van der Waals surface area contributed by atoms with Crippen LogP contribution in [0.5, 0.6) is 0 Å². The summed E-state index contributed by atoms with van der Waals surface area (Å²) in [7, 11) is 0. The molecule has 1 saturated heterocycles. The molecule has 0 aliphatic carbocycles. The fourth-order valence-corrected chi connectivity index (χ4v) is 2.96. The van der Waals surface area contributed by atoms with Gasteiger partial charge in [-0.25, -0.2) is 4.39 Å². The Morgan fingerprint density at radius 3 is 2.67 bits per heavy atom. The van der Waals surface area contributed by atoms with E-state index in [1.165, 1.54) is 6.07 Å². The van der Waals surface area contributed by atoms with Crippen molar-refractivity contribution in [2.75, 3.05) is 19.7 Å². The van der Waals surface area contributed by atoms with Crippen molar-refractivity contribution in [1.82, 2.24) is 4.90 Å². The summed E-state index contributed by atoms with van der Waals surface area (Å²) < 4.78 is 19.6. The Bertz CT molecular complexity index is 693. The van der Waals surface area contributed by atoms with E-state index in [4.69, 9.17) is 10.5 Å². The van der Waals surface area contributed by atoms with Gasteiger partial charge in [-0.1, -0.05) is 48.5 Å². The van der Waals surface area contributed by atoms with Crippen molar-refractivity contribution in [2.24, 2.45) is 5.73 Å². The van der Waals surface area contributed by atoms with Gasteiger partial charge in [-0.05, 0) is 18.1 Å². The number of halogens is 1. The van der Waals surface area contributed by atoms with Gasteiger partial charge in [-0.15, -0.1) is 0 Å². The first-order valence-corrected chi connectivity index (χ1v) is 8.09. The van der Waals surface area contributed by atoms with Gasteiger partial charge in [-0.3, -0.25) is 4.79 Å². The van der Waals surface area contributed by atoms with Crippen molar-refractivity contribution in [3.05, 3.63) is 71.5 Å². The molecule has 0 bridgehead atoms. The van der Waals surface area contributed by atoms with Crippen LogP contribution in [0.1, 0.15) is 17.2 Å². The lowest BCUT2D eigenvalue weighted by Gasteiger charge is -2.34. The van der Waals surface area contributed by atoms with E-state index in [1.807, 2.05) is 30.3 Å². The predicted molar refractivity (Wildman–Crippen MR) is 89.8 cm³/mol. The monoisotopic (exact) mass is 328 g/mol. The highest BCUT2D eigenvalue weighted by Gasteiger charge is 2.29. The molecule has 2 aromatic rings. The van der Waals surface area contributed by atoms with E-state index < -0.39 is 12.1 Å². The van der Waals surface area contributed by atoms with Crippen molar-refractivity contribution >= 4 is 5.91 Å². The molecule has 0 spiro atoms. The highest BCUT2D eigenvalue weighted by atomic mass is 19.1. The van der Waals surface area contributed by atoms with Crippen LogP contribution in [0, 0.1) is 5.82 Å². The summed E-state index contributed by atoms with van der Waals surface area (Å²) in [6.45, 7) is 1.18. The van der Waals surface area contributed by atoms with E-state index in [2.05, 4.69) is 0 Å². The first-order valence-electron chi connectivity index (χ1n) is 8.09. The summed E-state index contributed by atoms with van der Waals surface area (Å²) in [4.78, 5) is 14.3. The number of rotatable bonds is 4. The first-order chi connectivity index (χ1) is 11.6. The topological polar surface area (TPSA) is 55.6 Å². The second kappa shape index (κ2) is 7.55. The molecule has 4 nitrogen and oxygen atoms in total. The molecule has 0 aromatic heterocycles. The average Bonchev–Trinajstić information content (AvgIpc) is 2.62. The molecule has 1 aliphatic rings. The average molecular weight is 328 g/mol. The maximum Gasteiger partial charge on any atom is 0.240 e. The number of ether oxygens (including phenoxy) is 1. The number of carbonyl (C=O) groups excluding carboxylic acids is 1. The fourth-order valence-electron chi connectivity index (χ4n) is 2.96.